The fraction of sp³-hybridized carbons (Fsp3) is 0. The van der Waals surface area contributed by atoms with Gasteiger partial charge in [0.05, 0.1) is 54.6 Å². The average Bonchev–Trinajstić information content (AvgIpc) is 1.52. The van der Waals surface area contributed by atoms with Crippen LogP contribution in [0.15, 0.2) is 409 Å². The third-order valence-electron chi connectivity index (χ3n) is 23.0. The Labute approximate surface area is 697 Å². The lowest BCUT2D eigenvalue weighted by Crippen LogP contribution is -1.96. The number of aromatic nitrogens is 6. The lowest BCUT2D eigenvalue weighted by atomic mass is 9.95. The van der Waals surface area contributed by atoms with E-state index in [4.69, 9.17) is 38.7 Å². The molecule has 120 heavy (non-hydrogen) atoms. The van der Waals surface area contributed by atoms with E-state index in [9.17, 15) is 0 Å². The van der Waals surface area contributed by atoms with Gasteiger partial charge in [0.15, 0.2) is 11.6 Å². The molecule has 0 saturated heterocycles. The molecule has 0 atom stereocenters. The van der Waals surface area contributed by atoms with Gasteiger partial charge >= 0.3 is 0 Å². The number of pyridine rings is 2. The maximum atomic E-state index is 6.37. The van der Waals surface area contributed by atoms with Gasteiger partial charge in [0, 0.05) is 124 Å². The summed E-state index contributed by atoms with van der Waals surface area (Å²) in [7, 11) is 0. The second kappa shape index (κ2) is 29.4. The first-order valence-corrected chi connectivity index (χ1v) is 41.8. The molecule has 0 fully saturated rings. The predicted octanol–water partition coefficient (Wildman–Crippen LogP) is 30.6. The standard InChI is InChI=1S/2C55H33N3OS/c1-3-14-34(15-4-1)36-18-11-19-37(30-36)41-24-13-25-44-51-43-23-8-10-27-50(43)60-54(51)52(58-53(41)44)39-20-12-21-40(31-39)55-56-46(35-16-5-2-6-17-35)33-47(57-55)38-28-29-49-45(32-38)42-22-7-9-26-48(42)59-49;1-3-13-34(14-4-1)40-19-11-22-45-50-44-18-8-10-24-49(44)60-54(50)51(58-52(40)45)38-29-31-39(32-30-38)55-56-46(36-15-5-2-6-16-36)33-47(57-55)37-27-25-35(26-28-37)41-20-12-21-43-42-17-7-9-23-48(42)59-53(41)43/h2*1-33H. The van der Waals surface area contributed by atoms with Crippen LogP contribution in [-0.2, 0) is 0 Å². The highest BCUT2D eigenvalue weighted by molar-refractivity contribution is 7.27. The molecule has 8 heterocycles. The predicted molar refractivity (Wildman–Crippen MR) is 500 cm³/mol. The number of benzene rings is 16. The van der Waals surface area contributed by atoms with E-state index in [0.29, 0.717) is 11.6 Å². The van der Waals surface area contributed by atoms with Crippen molar-refractivity contribution in [1.29, 1.82) is 0 Å². The molecule has 560 valence electrons. The van der Waals surface area contributed by atoms with Crippen LogP contribution in [0.4, 0.5) is 0 Å². The van der Waals surface area contributed by atoms with Crippen molar-refractivity contribution in [1.82, 2.24) is 29.9 Å². The third-order valence-corrected chi connectivity index (χ3v) is 25.4. The number of hydrogen-bond donors (Lipinski definition) is 0. The molecule has 0 N–H and O–H groups in total. The Balaban J connectivity index is 0.000000140. The molecule has 0 unspecified atom stereocenters. The molecular weight excluding hydrogens is 1500 g/mol. The molecule has 8 nitrogen and oxygen atoms in total. The van der Waals surface area contributed by atoms with E-state index in [2.05, 4.69) is 346 Å². The number of thiophene rings is 2. The summed E-state index contributed by atoms with van der Waals surface area (Å²) < 4.78 is 17.4. The summed E-state index contributed by atoms with van der Waals surface area (Å²) in [4.78, 5) is 32.0. The van der Waals surface area contributed by atoms with Crippen LogP contribution in [0.1, 0.15) is 0 Å². The van der Waals surface area contributed by atoms with Gasteiger partial charge in [-0.3, -0.25) is 0 Å². The molecule has 0 radical (unpaired) electrons. The highest BCUT2D eigenvalue weighted by Crippen LogP contribution is 2.49. The van der Waals surface area contributed by atoms with E-state index in [1.54, 1.807) is 11.3 Å². The highest BCUT2D eigenvalue weighted by atomic mass is 32.1. The Kier molecular flexibility index (Phi) is 17.1. The molecule has 0 bridgehead atoms. The van der Waals surface area contributed by atoms with Gasteiger partial charge in [-0.25, -0.2) is 29.9 Å². The summed E-state index contributed by atoms with van der Waals surface area (Å²) in [6.45, 7) is 0. The quantitative estimate of drug-likeness (QED) is 0.119. The van der Waals surface area contributed by atoms with E-state index >= 15 is 0 Å². The Morgan fingerprint density at radius 1 is 0.192 bits per heavy atom. The SMILES string of the molecule is c1ccc(-c2cc(-c3ccc(-c4cccc5c4oc4ccccc45)cc3)nc(-c3ccc(-c4nc5c(-c6ccccc6)cccc5c5c4sc4ccccc45)cc3)n2)cc1.c1ccc(-c2cccc(-c3cccc4c3nc(-c3cccc(-c5nc(-c6ccccc6)cc(-c6ccc7oc8ccccc8c7c6)n5)c3)c3sc5ccccc5c34)c2)cc1. The topological polar surface area (TPSA) is 104 Å². The first-order valence-electron chi connectivity index (χ1n) is 40.2. The zero-order chi connectivity index (χ0) is 79.1. The average molecular weight is 1570 g/mol. The van der Waals surface area contributed by atoms with Crippen molar-refractivity contribution in [2.24, 2.45) is 0 Å². The van der Waals surface area contributed by atoms with Crippen LogP contribution >= 0.6 is 22.7 Å². The second-order valence-electron chi connectivity index (χ2n) is 30.2. The van der Waals surface area contributed by atoms with Crippen LogP contribution < -0.4 is 0 Å². The van der Waals surface area contributed by atoms with Crippen molar-refractivity contribution in [3.8, 4) is 135 Å². The lowest BCUT2D eigenvalue weighted by Gasteiger charge is -2.13. The minimum absolute atomic E-state index is 0.650. The van der Waals surface area contributed by atoms with E-state index < -0.39 is 0 Å². The maximum absolute atomic E-state index is 6.37. The number of rotatable bonds is 12. The monoisotopic (exact) mass is 1570 g/mol. The minimum Gasteiger partial charge on any atom is -0.456 e. The second-order valence-corrected chi connectivity index (χ2v) is 32.3. The molecule has 24 aromatic rings. The molecule has 0 saturated carbocycles. The van der Waals surface area contributed by atoms with Gasteiger partial charge in [0.1, 0.15) is 22.3 Å². The van der Waals surface area contributed by atoms with Crippen LogP contribution in [0.25, 0.3) is 241 Å². The molecule has 0 aliphatic carbocycles. The van der Waals surface area contributed by atoms with Crippen LogP contribution in [0.5, 0.6) is 0 Å². The number of furan rings is 2. The van der Waals surface area contributed by atoms with E-state index in [0.717, 1.165) is 177 Å². The zero-order valence-electron chi connectivity index (χ0n) is 64.4. The van der Waals surface area contributed by atoms with Gasteiger partial charge in [-0.05, 0) is 94.5 Å². The smallest absolute Gasteiger partial charge is 0.160 e. The molecule has 8 aromatic heterocycles. The Morgan fingerprint density at radius 2 is 0.558 bits per heavy atom. The van der Waals surface area contributed by atoms with Gasteiger partial charge in [0.25, 0.3) is 0 Å². The third kappa shape index (κ3) is 12.4. The summed E-state index contributed by atoms with van der Waals surface area (Å²) in [6.07, 6.45) is 0. The van der Waals surface area contributed by atoms with E-state index in [-0.39, 0.29) is 0 Å². The van der Waals surface area contributed by atoms with Gasteiger partial charge in [-0.15, -0.1) is 22.7 Å². The number of fused-ring (bicyclic) bond motifs is 16. The van der Waals surface area contributed by atoms with Crippen molar-refractivity contribution in [2.45, 2.75) is 0 Å². The Bertz CT molecular complexity index is 8140. The largest absolute Gasteiger partial charge is 0.456 e. The number of nitrogens with zero attached hydrogens (tertiary/aromatic N) is 6. The number of para-hydroxylation sites is 5. The Morgan fingerprint density at radius 3 is 1.16 bits per heavy atom. The van der Waals surface area contributed by atoms with Crippen molar-refractivity contribution >= 4 is 129 Å². The maximum Gasteiger partial charge on any atom is 0.160 e. The number of hydrogen-bond acceptors (Lipinski definition) is 10. The lowest BCUT2D eigenvalue weighted by molar-refractivity contribution is 0.669. The van der Waals surface area contributed by atoms with E-state index in [1.807, 2.05) is 65.9 Å². The highest BCUT2D eigenvalue weighted by Gasteiger charge is 2.24. The van der Waals surface area contributed by atoms with Crippen LogP contribution in [0.3, 0.4) is 0 Å². The Hall–Kier alpha value is -15.5. The molecule has 24 rings (SSSR count). The first-order chi connectivity index (χ1) is 59.4. The summed E-state index contributed by atoms with van der Waals surface area (Å²) >= 11 is 3.61. The molecule has 0 aliphatic heterocycles. The van der Waals surface area contributed by atoms with Gasteiger partial charge < -0.3 is 8.83 Å². The molecule has 0 amide bonds. The van der Waals surface area contributed by atoms with Crippen LogP contribution in [0, 0.1) is 0 Å². The minimum atomic E-state index is 0.650. The molecule has 0 aliphatic rings. The van der Waals surface area contributed by atoms with Crippen LogP contribution in [-0.4, -0.2) is 29.9 Å². The fourth-order valence-electron chi connectivity index (χ4n) is 17.2. The fourth-order valence-corrected chi connectivity index (χ4v) is 19.7. The molecule has 10 heteroatoms. The van der Waals surface area contributed by atoms with Crippen molar-refractivity contribution in [3.63, 3.8) is 0 Å². The molecular formula is C110H66N6O2S2. The van der Waals surface area contributed by atoms with Crippen LogP contribution in [0.2, 0.25) is 0 Å². The molecule has 0 spiro atoms. The van der Waals surface area contributed by atoms with Gasteiger partial charge in [0.2, 0.25) is 0 Å². The van der Waals surface area contributed by atoms with Gasteiger partial charge in [-0.1, -0.05) is 334 Å². The summed E-state index contributed by atoms with van der Waals surface area (Å²) in [6, 6.07) is 140. The summed E-state index contributed by atoms with van der Waals surface area (Å²) in [5.41, 5.74) is 27.9. The van der Waals surface area contributed by atoms with Crippen molar-refractivity contribution in [2.75, 3.05) is 0 Å². The normalized spacial score (nSPS) is 11.7. The van der Waals surface area contributed by atoms with Crippen molar-refractivity contribution in [3.05, 3.63) is 400 Å². The van der Waals surface area contributed by atoms with E-state index in [1.165, 1.54) is 52.2 Å². The van der Waals surface area contributed by atoms with Crippen molar-refractivity contribution < 1.29 is 8.83 Å². The first kappa shape index (κ1) is 70.0. The summed E-state index contributed by atoms with van der Waals surface area (Å²) in [5.74, 6) is 1.32. The molecule has 16 aromatic carbocycles. The zero-order valence-corrected chi connectivity index (χ0v) is 66.1. The van der Waals surface area contributed by atoms with Gasteiger partial charge in [-0.2, -0.15) is 0 Å². The summed E-state index contributed by atoms with van der Waals surface area (Å²) in [5, 5.41) is 11.7.